The minimum atomic E-state index is -1.16. The highest BCUT2D eigenvalue weighted by Gasteiger charge is 2.29. The highest BCUT2D eigenvalue weighted by atomic mass is 16.6. The number of rotatable bonds is 3. The molecule has 0 radical (unpaired) electrons. The van der Waals surface area contributed by atoms with Crippen LogP contribution in [0.3, 0.4) is 0 Å². The Kier molecular flexibility index (Phi) is 4.67. The number of ether oxygens (including phenoxy) is 1. The number of likely N-dealkylation sites (N-methyl/N-ethyl adjacent to an activating group) is 1. The van der Waals surface area contributed by atoms with Gasteiger partial charge in [-0.1, -0.05) is 0 Å². The van der Waals surface area contributed by atoms with E-state index >= 15 is 0 Å². The average Bonchev–Trinajstić information content (AvgIpc) is 2.37. The molecule has 1 unspecified atom stereocenters. The monoisotopic (exact) mass is 297 g/mol. The van der Waals surface area contributed by atoms with Crippen LogP contribution in [0.25, 0.3) is 0 Å². The van der Waals surface area contributed by atoms with Crippen LogP contribution in [0.2, 0.25) is 0 Å². The number of aldehydes is 1. The maximum Gasteiger partial charge on any atom is 0.410 e. The number of carbonyl (C=O) groups excluding carboxylic acids is 2. The Labute approximate surface area is 122 Å². The lowest BCUT2D eigenvalue weighted by molar-refractivity contribution is -0.112. The van der Waals surface area contributed by atoms with Gasteiger partial charge in [-0.2, -0.15) is 0 Å². The molecule has 0 saturated carbocycles. The van der Waals surface area contributed by atoms with Gasteiger partial charge in [0, 0.05) is 12.6 Å². The molecule has 21 heavy (non-hydrogen) atoms. The van der Waals surface area contributed by atoms with Gasteiger partial charge in [-0.05, 0) is 32.9 Å². The van der Waals surface area contributed by atoms with Crippen molar-refractivity contribution >= 4 is 12.4 Å². The Hall–Kier alpha value is -2.44. The number of hydrogen-bond acceptors (Lipinski definition) is 6. The van der Waals surface area contributed by atoms with Gasteiger partial charge in [-0.3, -0.25) is 4.90 Å². The predicted octanol–water partition coefficient (Wildman–Crippen LogP) is 1.91. The second-order valence-electron chi connectivity index (χ2n) is 5.54. The molecular weight excluding hydrogens is 278 g/mol. The molecule has 1 atom stereocenters. The van der Waals surface area contributed by atoms with E-state index < -0.39 is 35.0 Å². The lowest BCUT2D eigenvalue weighted by Gasteiger charge is -2.28. The van der Waals surface area contributed by atoms with Gasteiger partial charge in [0.2, 0.25) is 5.75 Å². The van der Waals surface area contributed by atoms with Crippen LogP contribution in [0.5, 0.6) is 17.2 Å². The molecule has 0 saturated heterocycles. The van der Waals surface area contributed by atoms with Crippen LogP contribution in [-0.2, 0) is 9.53 Å². The van der Waals surface area contributed by atoms with Gasteiger partial charge in [-0.25, -0.2) is 4.79 Å². The van der Waals surface area contributed by atoms with Crippen LogP contribution in [0, 0.1) is 0 Å². The molecular formula is C14H19NO6. The summed E-state index contributed by atoms with van der Waals surface area (Å²) in [6, 6.07) is 1.19. The first kappa shape index (κ1) is 16.6. The molecule has 1 aromatic rings. The standard InChI is InChI=1S/C14H19NO6/c1-14(2,3)21-13(20)15(4)9(7-16)8-5-6-10(17)12(19)11(8)18/h5-7,9,17-19H,1-4H3. The molecule has 0 aliphatic heterocycles. The minimum absolute atomic E-state index is 0.0198. The van der Waals surface area contributed by atoms with Crippen LogP contribution in [0.15, 0.2) is 12.1 Å². The number of hydrogen-bond donors (Lipinski definition) is 3. The van der Waals surface area contributed by atoms with Crippen molar-refractivity contribution < 1.29 is 29.6 Å². The maximum atomic E-state index is 11.9. The summed E-state index contributed by atoms with van der Waals surface area (Å²) >= 11 is 0. The number of amides is 1. The SMILES string of the molecule is CN(C(=O)OC(C)(C)C)C(C=O)c1ccc(O)c(O)c1O. The van der Waals surface area contributed by atoms with E-state index in [0.29, 0.717) is 6.29 Å². The summed E-state index contributed by atoms with van der Waals surface area (Å²) in [4.78, 5) is 24.2. The van der Waals surface area contributed by atoms with Gasteiger partial charge in [0.05, 0.1) is 0 Å². The van der Waals surface area contributed by atoms with E-state index in [2.05, 4.69) is 0 Å². The van der Waals surface area contributed by atoms with E-state index in [1.54, 1.807) is 20.8 Å². The van der Waals surface area contributed by atoms with Crippen LogP contribution in [0.1, 0.15) is 32.4 Å². The van der Waals surface area contributed by atoms with Crippen molar-refractivity contribution in [3.63, 3.8) is 0 Å². The molecule has 0 spiro atoms. The zero-order valence-electron chi connectivity index (χ0n) is 12.3. The van der Waals surface area contributed by atoms with E-state index in [4.69, 9.17) is 4.74 Å². The summed E-state index contributed by atoms with van der Waals surface area (Å²) in [6.45, 7) is 5.04. The summed E-state index contributed by atoms with van der Waals surface area (Å²) in [5.74, 6) is -1.94. The molecule has 3 N–H and O–H groups in total. The zero-order valence-corrected chi connectivity index (χ0v) is 12.3. The van der Waals surface area contributed by atoms with Gasteiger partial charge in [0.1, 0.15) is 17.9 Å². The molecule has 0 heterocycles. The van der Waals surface area contributed by atoms with Crippen molar-refractivity contribution in [2.75, 3.05) is 7.05 Å². The Balaban J connectivity index is 3.11. The fourth-order valence-electron chi connectivity index (χ4n) is 1.64. The summed E-state index contributed by atoms with van der Waals surface area (Å²) in [5.41, 5.74) is -0.758. The second kappa shape index (κ2) is 5.90. The molecule has 0 aromatic heterocycles. The third-order valence-corrected chi connectivity index (χ3v) is 2.71. The summed E-state index contributed by atoms with van der Waals surface area (Å²) in [7, 11) is 1.33. The largest absolute Gasteiger partial charge is 0.504 e. The fraction of sp³-hybridized carbons (Fsp3) is 0.429. The van der Waals surface area contributed by atoms with Crippen LogP contribution < -0.4 is 0 Å². The van der Waals surface area contributed by atoms with E-state index in [0.717, 1.165) is 11.0 Å². The van der Waals surface area contributed by atoms with Crippen molar-refractivity contribution in [1.29, 1.82) is 0 Å². The summed E-state index contributed by atoms with van der Waals surface area (Å²) < 4.78 is 5.13. The molecule has 7 nitrogen and oxygen atoms in total. The van der Waals surface area contributed by atoms with Crippen molar-refractivity contribution in [3.05, 3.63) is 17.7 Å². The third kappa shape index (κ3) is 3.77. The number of benzene rings is 1. The molecule has 1 aromatic carbocycles. The Morgan fingerprint density at radius 2 is 1.81 bits per heavy atom. The number of carbonyl (C=O) groups is 2. The normalized spacial score (nSPS) is 12.6. The number of phenols is 3. The molecule has 0 aliphatic rings. The van der Waals surface area contributed by atoms with Gasteiger partial charge in [0.15, 0.2) is 11.5 Å². The lowest BCUT2D eigenvalue weighted by Crippen LogP contribution is -2.37. The minimum Gasteiger partial charge on any atom is -0.504 e. The van der Waals surface area contributed by atoms with Crippen LogP contribution >= 0.6 is 0 Å². The van der Waals surface area contributed by atoms with E-state index in [1.165, 1.54) is 13.1 Å². The highest BCUT2D eigenvalue weighted by molar-refractivity contribution is 5.76. The zero-order chi connectivity index (χ0) is 16.4. The Morgan fingerprint density at radius 3 is 2.29 bits per heavy atom. The van der Waals surface area contributed by atoms with Crippen molar-refractivity contribution in [3.8, 4) is 17.2 Å². The van der Waals surface area contributed by atoms with Crippen molar-refractivity contribution in [1.82, 2.24) is 4.90 Å². The van der Waals surface area contributed by atoms with Crippen LogP contribution in [-0.4, -0.2) is 45.2 Å². The molecule has 1 rings (SSSR count). The molecule has 116 valence electrons. The molecule has 0 bridgehead atoms. The van der Waals surface area contributed by atoms with Gasteiger partial charge < -0.3 is 24.9 Å². The lowest BCUT2D eigenvalue weighted by atomic mass is 10.0. The number of phenolic OH excluding ortho intramolecular Hbond substituents is 3. The highest BCUT2D eigenvalue weighted by Crippen LogP contribution is 2.40. The molecule has 7 heteroatoms. The smallest absolute Gasteiger partial charge is 0.410 e. The molecule has 0 fully saturated rings. The fourth-order valence-corrected chi connectivity index (χ4v) is 1.64. The third-order valence-electron chi connectivity index (χ3n) is 2.71. The van der Waals surface area contributed by atoms with E-state index in [-0.39, 0.29) is 5.56 Å². The molecule has 1 amide bonds. The van der Waals surface area contributed by atoms with E-state index in [9.17, 15) is 24.9 Å². The van der Waals surface area contributed by atoms with Gasteiger partial charge >= 0.3 is 6.09 Å². The molecule has 0 aliphatic carbocycles. The first-order chi connectivity index (χ1) is 9.58. The van der Waals surface area contributed by atoms with E-state index in [1.807, 2.05) is 0 Å². The second-order valence-corrected chi connectivity index (χ2v) is 5.54. The van der Waals surface area contributed by atoms with Gasteiger partial charge in [-0.15, -0.1) is 0 Å². The first-order valence-corrected chi connectivity index (χ1v) is 6.23. The average molecular weight is 297 g/mol. The topological polar surface area (TPSA) is 107 Å². The van der Waals surface area contributed by atoms with Crippen molar-refractivity contribution in [2.24, 2.45) is 0 Å². The number of aromatic hydroxyl groups is 3. The quantitative estimate of drug-likeness (QED) is 0.581. The summed E-state index contributed by atoms with van der Waals surface area (Å²) in [5, 5.41) is 28.6. The summed E-state index contributed by atoms with van der Waals surface area (Å²) in [6.07, 6.45) is -0.332. The number of nitrogens with zero attached hydrogens (tertiary/aromatic N) is 1. The van der Waals surface area contributed by atoms with Crippen molar-refractivity contribution in [2.45, 2.75) is 32.4 Å². The van der Waals surface area contributed by atoms with Gasteiger partial charge in [0.25, 0.3) is 0 Å². The maximum absolute atomic E-state index is 11.9. The predicted molar refractivity (Wildman–Crippen MR) is 74.2 cm³/mol. The van der Waals surface area contributed by atoms with Crippen LogP contribution in [0.4, 0.5) is 4.79 Å². The Bertz CT molecular complexity index is 549. The Morgan fingerprint density at radius 1 is 1.24 bits per heavy atom. The first-order valence-electron chi connectivity index (χ1n) is 6.23.